The second kappa shape index (κ2) is 7.49. The lowest BCUT2D eigenvalue weighted by Gasteiger charge is -2.23. The molecule has 100 valence electrons. The zero-order valence-electron chi connectivity index (χ0n) is 10.2. The minimum absolute atomic E-state index is 0. The Morgan fingerprint density at radius 2 is 1.94 bits per heavy atom. The van der Waals surface area contributed by atoms with Crippen LogP contribution in [0.1, 0.15) is 38.5 Å². The smallest absolute Gasteiger partial charge is 0.220 e. The molecule has 0 aromatic heterocycles. The Labute approximate surface area is 114 Å². The molecule has 1 aliphatic heterocycles. The van der Waals surface area contributed by atoms with E-state index in [4.69, 9.17) is 5.73 Å². The first-order valence-corrected chi connectivity index (χ1v) is 7.54. The monoisotopic (exact) mass is 278 g/mol. The number of hydrogen-bond donors (Lipinski definition) is 2. The maximum atomic E-state index is 11.8. The van der Waals surface area contributed by atoms with Gasteiger partial charge in [0.2, 0.25) is 5.91 Å². The molecule has 1 amide bonds. The van der Waals surface area contributed by atoms with Crippen molar-refractivity contribution in [3.8, 4) is 0 Å². The van der Waals surface area contributed by atoms with Crippen LogP contribution in [0.4, 0.5) is 0 Å². The third-order valence-electron chi connectivity index (χ3n) is 3.75. The van der Waals surface area contributed by atoms with E-state index < -0.39 is 0 Å². The lowest BCUT2D eigenvalue weighted by molar-refractivity contribution is -0.122. The van der Waals surface area contributed by atoms with E-state index in [2.05, 4.69) is 5.32 Å². The molecular weight excluding hydrogens is 256 g/mol. The van der Waals surface area contributed by atoms with E-state index in [1.165, 1.54) is 17.9 Å². The van der Waals surface area contributed by atoms with Gasteiger partial charge in [-0.2, -0.15) is 11.8 Å². The molecule has 2 rings (SSSR count). The molecule has 1 saturated heterocycles. The van der Waals surface area contributed by atoms with Gasteiger partial charge in [0.15, 0.2) is 0 Å². The maximum Gasteiger partial charge on any atom is 0.220 e. The lowest BCUT2D eigenvalue weighted by Crippen LogP contribution is -2.39. The number of halogens is 1. The third-order valence-corrected chi connectivity index (χ3v) is 4.80. The van der Waals surface area contributed by atoms with Crippen molar-refractivity contribution < 1.29 is 4.79 Å². The molecule has 0 unspecified atom stereocenters. The molecule has 2 fully saturated rings. The molecule has 1 aliphatic carbocycles. The van der Waals surface area contributed by atoms with Gasteiger partial charge in [-0.1, -0.05) is 6.42 Å². The molecule has 5 heteroatoms. The SMILES string of the molecule is Cl.N[C@@H]1CCC[C@H]1CC(=O)NC1CCSCC1. The summed E-state index contributed by atoms with van der Waals surface area (Å²) in [5, 5.41) is 3.16. The predicted molar refractivity (Wildman–Crippen MR) is 75.7 cm³/mol. The summed E-state index contributed by atoms with van der Waals surface area (Å²) in [6, 6.07) is 0.680. The van der Waals surface area contributed by atoms with Crippen molar-refractivity contribution in [3.05, 3.63) is 0 Å². The van der Waals surface area contributed by atoms with Crippen molar-refractivity contribution in [2.75, 3.05) is 11.5 Å². The molecule has 17 heavy (non-hydrogen) atoms. The fourth-order valence-corrected chi connectivity index (χ4v) is 3.79. The van der Waals surface area contributed by atoms with Crippen molar-refractivity contribution in [2.45, 2.75) is 50.6 Å². The number of rotatable bonds is 3. The number of carbonyl (C=O) groups excluding carboxylic acids is 1. The second-order valence-electron chi connectivity index (χ2n) is 5.01. The summed E-state index contributed by atoms with van der Waals surface area (Å²) in [5.41, 5.74) is 5.98. The molecule has 1 saturated carbocycles. The average molecular weight is 279 g/mol. The Bertz CT molecular complexity index is 247. The molecular formula is C12H23ClN2OS. The maximum absolute atomic E-state index is 11.8. The van der Waals surface area contributed by atoms with Gasteiger partial charge in [-0.3, -0.25) is 4.79 Å². The highest BCUT2D eigenvalue weighted by atomic mass is 35.5. The fraction of sp³-hybridized carbons (Fsp3) is 0.917. The second-order valence-corrected chi connectivity index (χ2v) is 6.24. The summed E-state index contributed by atoms with van der Waals surface area (Å²) in [5.74, 6) is 3.03. The van der Waals surface area contributed by atoms with E-state index in [1.54, 1.807) is 0 Å². The zero-order valence-corrected chi connectivity index (χ0v) is 11.8. The fourth-order valence-electron chi connectivity index (χ4n) is 2.69. The first-order valence-electron chi connectivity index (χ1n) is 6.38. The Morgan fingerprint density at radius 1 is 1.24 bits per heavy atom. The summed E-state index contributed by atoms with van der Waals surface area (Å²) in [6.45, 7) is 0. The first kappa shape index (κ1) is 15.1. The van der Waals surface area contributed by atoms with Gasteiger partial charge in [-0.05, 0) is 43.1 Å². The normalized spacial score (nSPS) is 29.7. The Morgan fingerprint density at radius 3 is 2.53 bits per heavy atom. The van der Waals surface area contributed by atoms with Crippen LogP contribution >= 0.6 is 24.2 Å². The van der Waals surface area contributed by atoms with Crippen LogP contribution in [-0.2, 0) is 4.79 Å². The van der Waals surface area contributed by atoms with Crippen molar-refractivity contribution in [1.29, 1.82) is 0 Å². The van der Waals surface area contributed by atoms with Crippen LogP contribution in [0.2, 0.25) is 0 Å². The Hall–Kier alpha value is 0.0700. The largest absolute Gasteiger partial charge is 0.353 e. The molecule has 0 aromatic rings. The average Bonchev–Trinajstić information content (AvgIpc) is 2.66. The van der Waals surface area contributed by atoms with Crippen LogP contribution in [0, 0.1) is 5.92 Å². The van der Waals surface area contributed by atoms with Gasteiger partial charge in [-0.25, -0.2) is 0 Å². The summed E-state index contributed by atoms with van der Waals surface area (Å²) in [7, 11) is 0. The summed E-state index contributed by atoms with van der Waals surface area (Å²) in [6.07, 6.45) is 6.33. The highest BCUT2D eigenvalue weighted by Gasteiger charge is 2.26. The predicted octanol–water partition coefficient (Wildman–Crippen LogP) is 1.94. The number of thioether (sulfide) groups is 1. The van der Waals surface area contributed by atoms with Gasteiger partial charge in [0, 0.05) is 18.5 Å². The van der Waals surface area contributed by atoms with Gasteiger partial charge >= 0.3 is 0 Å². The number of nitrogens with two attached hydrogens (primary N) is 1. The van der Waals surface area contributed by atoms with Crippen molar-refractivity contribution >= 4 is 30.1 Å². The quantitative estimate of drug-likeness (QED) is 0.830. The molecule has 2 aliphatic rings. The highest BCUT2D eigenvalue weighted by molar-refractivity contribution is 7.99. The van der Waals surface area contributed by atoms with E-state index in [1.807, 2.05) is 11.8 Å². The van der Waals surface area contributed by atoms with Crippen molar-refractivity contribution in [3.63, 3.8) is 0 Å². The number of nitrogens with one attached hydrogen (secondary N) is 1. The molecule has 1 heterocycles. The minimum Gasteiger partial charge on any atom is -0.353 e. The van der Waals surface area contributed by atoms with Crippen LogP contribution in [0.25, 0.3) is 0 Å². The van der Waals surface area contributed by atoms with Gasteiger partial charge in [-0.15, -0.1) is 12.4 Å². The van der Waals surface area contributed by atoms with Gasteiger partial charge in [0.25, 0.3) is 0 Å². The van der Waals surface area contributed by atoms with E-state index in [9.17, 15) is 4.79 Å². The van der Waals surface area contributed by atoms with Crippen LogP contribution in [-0.4, -0.2) is 29.5 Å². The number of carbonyl (C=O) groups is 1. The van der Waals surface area contributed by atoms with E-state index in [0.717, 1.165) is 25.7 Å². The lowest BCUT2D eigenvalue weighted by atomic mass is 9.99. The molecule has 0 bridgehead atoms. The van der Waals surface area contributed by atoms with Crippen LogP contribution < -0.4 is 11.1 Å². The molecule has 3 nitrogen and oxygen atoms in total. The Kier molecular flexibility index (Phi) is 6.67. The third kappa shape index (κ3) is 4.68. The van der Waals surface area contributed by atoms with Gasteiger partial charge in [0.1, 0.15) is 0 Å². The first-order chi connectivity index (χ1) is 7.75. The van der Waals surface area contributed by atoms with E-state index in [0.29, 0.717) is 18.4 Å². The van der Waals surface area contributed by atoms with Gasteiger partial charge < -0.3 is 11.1 Å². The minimum atomic E-state index is 0. The standard InChI is InChI=1S/C12H22N2OS.ClH/c13-11-3-1-2-9(11)8-12(15)14-10-4-6-16-7-5-10;/h9-11H,1-8,13H2,(H,14,15);1H/t9-,11+;/m0./s1. The van der Waals surface area contributed by atoms with Crippen LogP contribution in [0.3, 0.4) is 0 Å². The van der Waals surface area contributed by atoms with E-state index >= 15 is 0 Å². The summed E-state index contributed by atoms with van der Waals surface area (Å²) in [4.78, 5) is 11.8. The number of hydrogen-bond acceptors (Lipinski definition) is 3. The molecule has 0 aromatic carbocycles. The number of amides is 1. The van der Waals surface area contributed by atoms with Gasteiger partial charge in [0.05, 0.1) is 0 Å². The highest BCUT2D eigenvalue weighted by Crippen LogP contribution is 2.27. The summed E-state index contributed by atoms with van der Waals surface area (Å²) >= 11 is 1.99. The van der Waals surface area contributed by atoms with Crippen LogP contribution in [0.5, 0.6) is 0 Å². The Balaban J connectivity index is 0.00000144. The van der Waals surface area contributed by atoms with Crippen LogP contribution in [0.15, 0.2) is 0 Å². The van der Waals surface area contributed by atoms with Crippen molar-refractivity contribution in [2.24, 2.45) is 11.7 Å². The molecule has 0 radical (unpaired) electrons. The molecule has 2 atom stereocenters. The molecule has 0 spiro atoms. The molecule has 3 N–H and O–H groups in total. The summed E-state index contributed by atoms with van der Waals surface area (Å²) < 4.78 is 0. The van der Waals surface area contributed by atoms with Crippen molar-refractivity contribution in [1.82, 2.24) is 5.32 Å². The van der Waals surface area contributed by atoms with E-state index in [-0.39, 0.29) is 24.4 Å². The zero-order chi connectivity index (χ0) is 11.4. The topological polar surface area (TPSA) is 55.1 Å².